The van der Waals surface area contributed by atoms with Crippen LogP contribution in [0.15, 0.2) is 97.1 Å². The van der Waals surface area contributed by atoms with Crippen molar-refractivity contribution in [2.45, 2.75) is 135 Å². The second-order valence-corrected chi connectivity index (χ2v) is 13.9. The molecular formula is C45H62N2. The first-order chi connectivity index (χ1) is 23.1. The van der Waals surface area contributed by atoms with Gasteiger partial charge < -0.3 is 11.5 Å². The summed E-state index contributed by atoms with van der Waals surface area (Å²) in [5, 5.41) is 0. The van der Waals surface area contributed by atoms with Crippen LogP contribution in [-0.4, -0.2) is 0 Å². The number of aryl methyl sites for hydroxylation is 2. The average Bonchev–Trinajstić information content (AvgIpc) is 3.10. The van der Waals surface area contributed by atoms with Gasteiger partial charge in [0.1, 0.15) is 0 Å². The van der Waals surface area contributed by atoms with Crippen LogP contribution in [0.25, 0.3) is 0 Å². The van der Waals surface area contributed by atoms with E-state index in [0.717, 1.165) is 11.4 Å². The summed E-state index contributed by atoms with van der Waals surface area (Å²) >= 11 is 0. The Morgan fingerprint density at radius 3 is 0.936 bits per heavy atom. The summed E-state index contributed by atoms with van der Waals surface area (Å²) in [7, 11) is 0. The van der Waals surface area contributed by atoms with Crippen molar-refractivity contribution in [3.63, 3.8) is 0 Å². The van der Waals surface area contributed by atoms with Crippen molar-refractivity contribution in [2.24, 2.45) is 0 Å². The van der Waals surface area contributed by atoms with Crippen LogP contribution in [0.5, 0.6) is 0 Å². The molecule has 0 aromatic heterocycles. The van der Waals surface area contributed by atoms with Crippen molar-refractivity contribution in [3.8, 4) is 0 Å². The van der Waals surface area contributed by atoms with Crippen molar-refractivity contribution in [1.29, 1.82) is 0 Å². The Kier molecular flexibility index (Phi) is 16.0. The molecule has 2 heteroatoms. The molecule has 4 N–H and O–H groups in total. The van der Waals surface area contributed by atoms with Crippen LogP contribution in [0.1, 0.15) is 155 Å². The van der Waals surface area contributed by atoms with Gasteiger partial charge in [-0.1, -0.05) is 157 Å². The molecule has 0 aliphatic carbocycles. The fraction of sp³-hybridized carbons (Fsp3) is 0.467. The molecule has 4 aromatic carbocycles. The second kappa shape index (κ2) is 20.7. The zero-order chi connectivity index (χ0) is 33.1. The molecule has 0 heterocycles. The number of nitrogens with two attached hydrogens (primary N) is 2. The van der Waals surface area contributed by atoms with Crippen molar-refractivity contribution in [3.05, 3.63) is 130 Å². The van der Waals surface area contributed by atoms with Crippen molar-refractivity contribution in [1.82, 2.24) is 0 Å². The topological polar surface area (TPSA) is 52.0 Å². The van der Waals surface area contributed by atoms with Gasteiger partial charge in [-0.05, 0) is 96.2 Å². The minimum atomic E-state index is 0.464. The lowest BCUT2D eigenvalue weighted by atomic mass is 9.86. The van der Waals surface area contributed by atoms with Crippen LogP contribution in [0.3, 0.4) is 0 Å². The van der Waals surface area contributed by atoms with E-state index in [-0.39, 0.29) is 0 Å². The average molecular weight is 631 g/mol. The minimum absolute atomic E-state index is 0.464. The maximum absolute atomic E-state index is 5.95. The summed E-state index contributed by atoms with van der Waals surface area (Å²) in [5.41, 5.74) is 22.2. The Hall–Kier alpha value is -3.52. The summed E-state index contributed by atoms with van der Waals surface area (Å²) in [4.78, 5) is 0. The van der Waals surface area contributed by atoms with Gasteiger partial charge in [0.15, 0.2) is 0 Å². The van der Waals surface area contributed by atoms with Crippen LogP contribution in [0, 0.1) is 0 Å². The van der Waals surface area contributed by atoms with E-state index in [0.29, 0.717) is 11.8 Å². The lowest BCUT2D eigenvalue weighted by Crippen LogP contribution is -2.02. The molecule has 0 amide bonds. The lowest BCUT2D eigenvalue weighted by Gasteiger charge is -2.18. The monoisotopic (exact) mass is 630 g/mol. The molecule has 0 fully saturated rings. The minimum Gasteiger partial charge on any atom is -0.399 e. The molecule has 252 valence electrons. The van der Waals surface area contributed by atoms with Crippen molar-refractivity contribution >= 4 is 11.4 Å². The van der Waals surface area contributed by atoms with Crippen molar-refractivity contribution in [2.75, 3.05) is 11.5 Å². The van der Waals surface area contributed by atoms with Gasteiger partial charge in [0.05, 0.1) is 0 Å². The van der Waals surface area contributed by atoms with E-state index >= 15 is 0 Å². The molecular weight excluding hydrogens is 569 g/mol. The lowest BCUT2D eigenvalue weighted by molar-refractivity contribution is 0.558. The number of hydrogen-bond acceptors (Lipinski definition) is 2. The maximum atomic E-state index is 5.95. The molecule has 0 spiro atoms. The van der Waals surface area contributed by atoms with Gasteiger partial charge in [0.25, 0.3) is 0 Å². The van der Waals surface area contributed by atoms with Gasteiger partial charge >= 0.3 is 0 Å². The van der Waals surface area contributed by atoms with E-state index in [4.69, 9.17) is 11.5 Å². The van der Waals surface area contributed by atoms with E-state index in [9.17, 15) is 0 Å². The Bertz CT molecular complexity index is 1260. The van der Waals surface area contributed by atoms with E-state index in [1.54, 1.807) is 0 Å². The molecule has 2 unspecified atom stereocenters. The standard InChI is InChI=1S/C45H62N2/c1-3-5-18-44(40-28-32-42(46)33-29-40)38-24-20-36(21-25-38)16-14-12-10-8-7-9-11-13-15-17-37-22-26-39(27-23-37)45(19-6-4-2)41-30-34-43(47)35-31-41/h20-35,44-45H,3-19,46-47H2,1-2H3. The Labute approximate surface area is 287 Å². The summed E-state index contributed by atoms with van der Waals surface area (Å²) in [6, 6.07) is 35.9. The van der Waals surface area contributed by atoms with Gasteiger partial charge in [-0.2, -0.15) is 0 Å². The first-order valence-corrected chi connectivity index (χ1v) is 19.0. The Morgan fingerprint density at radius 1 is 0.362 bits per heavy atom. The number of rotatable bonds is 22. The highest BCUT2D eigenvalue weighted by Gasteiger charge is 2.15. The SMILES string of the molecule is CCCCC(c1ccc(N)cc1)c1ccc(CCCCCCCCCCCc2ccc(C(CCCC)c3ccc(N)cc3)cc2)cc1. The number of benzene rings is 4. The second-order valence-electron chi connectivity index (χ2n) is 13.9. The zero-order valence-corrected chi connectivity index (χ0v) is 29.6. The largest absolute Gasteiger partial charge is 0.399 e. The molecule has 0 radical (unpaired) electrons. The van der Waals surface area contributed by atoms with E-state index in [1.807, 2.05) is 24.3 Å². The predicted octanol–water partition coefficient (Wildman–Crippen LogP) is 12.8. The van der Waals surface area contributed by atoms with Gasteiger partial charge in [-0.25, -0.2) is 0 Å². The molecule has 2 atom stereocenters. The highest BCUT2D eigenvalue weighted by molar-refractivity contribution is 5.44. The molecule has 2 nitrogen and oxygen atoms in total. The van der Waals surface area contributed by atoms with E-state index in [1.165, 1.54) is 143 Å². The van der Waals surface area contributed by atoms with Gasteiger partial charge in [-0.15, -0.1) is 0 Å². The first-order valence-electron chi connectivity index (χ1n) is 19.0. The van der Waals surface area contributed by atoms with E-state index in [2.05, 4.69) is 86.6 Å². The highest BCUT2D eigenvalue weighted by atomic mass is 14.5. The number of unbranched alkanes of at least 4 members (excludes halogenated alkanes) is 10. The number of hydrogen-bond donors (Lipinski definition) is 2. The fourth-order valence-corrected chi connectivity index (χ4v) is 7.05. The fourth-order valence-electron chi connectivity index (χ4n) is 7.05. The summed E-state index contributed by atoms with van der Waals surface area (Å²) in [5.74, 6) is 0.928. The number of nitrogen functional groups attached to an aromatic ring is 2. The molecule has 0 aliphatic rings. The Morgan fingerprint density at radius 2 is 0.638 bits per heavy atom. The molecule has 0 saturated carbocycles. The van der Waals surface area contributed by atoms with Crippen LogP contribution in [0.2, 0.25) is 0 Å². The smallest absolute Gasteiger partial charge is 0.0314 e. The third-order valence-electron chi connectivity index (χ3n) is 10.1. The third kappa shape index (κ3) is 12.5. The van der Waals surface area contributed by atoms with Crippen LogP contribution < -0.4 is 11.5 Å². The van der Waals surface area contributed by atoms with Crippen LogP contribution >= 0.6 is 0 Å². The van der Waals surface area contributed by atoms with Crippen LogP contribution in [-0.2, 0) is 12.8 Å². The van der Waals surface area contributed by atoms with Crippen LogP contribution in [0.4, 0.5) is 11.4 Å². The normalized spacial score (nSPS) is 12.6. The summed E-state index contributed by atoms with van der Waals surface area (Å²) in [6.07, 6.45) is 21.9. The molecule has 47 heavy (non-hydrogen) atoms. The molecule has 4 aromatic rings. The predicted molar refractivity (Wildman–Crippen MR) is 206 cm³/mol. The molecule has 0 aliphatic heterocycles. The highest BCUT2D eigenvalue weighted by Crippen LogP contribution is 2.32. The first kappa shape index (κ1) is 36.3. The maximum Gasteiger partial charge on any atom is 0.0314 e. The molecule has 0 bridgehead atoms. The molecule has 0 saturated heterocycles. The summed E-state index contributed by atoms with van der Waals surface area (Å²) < 4.78 is 0. The summed E-state index contributed by atoms with van der Waals surface area (Å²) in [6.45, 7) is 4.55. The molecule has 4 rings (SSSR count). The third-order valence-corrected chi connectivity index (χ3v) is 10.1. The van der Waals surface area contributed by atoms with E-state index < -0.39 is 0 Å². The zero-order valence-electron chi connectivity index (χ0n) is 29.6. The van der Waals surface area contributed by atoms with Gasteiger partial charge in [-0.3, -0.25) is 0 Å². The van der Waals surface area contributed by atoms with Gasteiger partial charge in [0.2, 0.25) is 0 Å². The quantitative estimate of drug-likeness (QED) is 0.0670. The van der Waals surface area contributed by atoms with Crippen molar-refractivity contribution < 1.29 is 0 Å². The van der Waals surface area contributed by atoms with Gasteiger partial charge in [0, 0.05) is 23.2 Å². The Balaban J connectivity index is 1.06. The number of anilines is 2.